The van der Waals surface area contributed by atoms with Crippen molar-refractivity contribution in [3.8, 4) is 0 Å². The van der Waals surface area contributed by atoms with Crippen molar-refractivity contribution in [1.82, 2.24) is 9.21 Å². The van der Waals surface area contributed by atoms with Gasteiger partial charge in [-0.1, -0.05) is 44.2 Å². The summed E-state index contributed by atoms with van der Waals surface area (Å²) >= 11 is 0. The second-order valence-electron chi connectivity index (χ2n) is 7.20. The molecule has 0 saturated heterocycles. The van der Waals surface area contributed by atoms with E-state index in [1.54, 1.807) is 4.90 Å². The fourth-order valence-corrected chi connectivity index (χ4v) is 3.41. The molecule has 142 valence electrons. The third-order valence-corrected chi connectivity index (χ3v) is 5.44. The zero-order chi connectivity index (χ0) is 19.0. The Morgan fingerprint density at radius 1 is 1.04 bits per heavy atom. The van der Waals surface area contributed by atoms with E-state index in [0.29, 0.717) is 19.0 Å². The monoisotopic (exact) mass is 368 g/mol. The Morgan fingerprint density at radius 3 is 2.12 bits per heavy atom. The fraction of sp³-hybridized carbons (Fsp3) is 0.632. The maximum atomic E-state index is 12.7. The van der Waals surface area contributed by atoms with Gasteiger partial charge in [0.1, 0.15) is 0 Å². The van der Waals surface area contributed by atoms with Crippen LogP contribution in [0, 0.1) is 5.92 Å². The lowest BCUT2D eigenvalue weighted by molar-refractivity contribution is -0.133. The van der Waals surface area contributed by atoms with E-state index in [1.165, 1.54) is 10.6 Å². The lowest BCUT2D eigenvalue weighted by Crippen LogP contribution is -2.40. The number of rotatable bonds is 10. The van der Waals surface area contributed by atoms with Gasteiger partial charge < -0.3 is 4.90 Å². The van der Waals surface area contributed by atoms with E-state index < -0.39 is 10.0 Å². The average Bonchev–Trinajstić information content (AvgIpc) is 2.51. The summed E-state index contributed by atoms with van der Waals surface area (Å²) < 4.78 is 25.3. The SMILES string of the molecule is CC(C)CCN(CCC(=O)N(Cc1ccccc1)C(C)C)S(C)(=O)=O. The van der Waals surface area contributed by atoms with Gasteiger partial charge >= 0.3 is 0 Å². The molecule has 0 aliphatic carbocycles. The molecule has 5 nitrogen and oxygen atoms in total. The first kappa shape index (κ1) is 21.6. The van der Waals surface area contributed by atoms with Crippen LogP contribution in [0.5, 0.6) is 0 Å². The second-order valence-corrected chi connectivity index (χ2v) is 9.18. The minimum absolute atomic E-state index is 0.0166. The number of hydrogen-bond donors (Lipinski definition) is 0. The van der Waals surface area contributed by atoms with Gasteiger partial charge in [-0.25, -0.2) is 12.7 Å². The van der Waals surface area contributed by atoms with Crippen LogP contribution in [0.25, 0.3) is 0 Å². The molecule has 25 heavy (non-hydrogen) atoms. The number of carbonyl (C=O) groups is 1. The summed E-state index contributed by atoms with van der Waals surface area (Å²) in [6, 6.07) is 9.91. The lowest BCUT2D eigenvalue weighted by Gasteiger charge is -2.28. The first-order chi connectivity index (χ1) is 11.6. The lowest BCUT2D eigenvalue weighted by atomic mass is 10.1. The molecule has 0 aliphatic rings. The molecule has 0 saturated carbocycles. The Balaban J connectivity index is 2.71. The number of hydrogen-bond acceptors (Lipinski definition) is 3. The van der Waals surface area contributed by atoms with Gasteiger partial charge in [0.05, 0.1) is 6.26 Å². The predicted octanol–water partition coefficient (Wildman–Crippen LogP) is 3.12. The van der Waals surface area contributed by atoms with Crippen LogP contribution in [0.15, 0.2) is 30.3 Å². The van der Waals surface area contributed by atoms with E-state index in [4.69, 9.17) is 0 Å². The molecule has 1 amide bonds. The molecular formula is C19H32N2O3S. The number of carbonyl (C=O) groups excluding carboxylic acids is 1. The van der Waals surface area contributed by atoms with Crippen molar-refractivity contribution in [3.63, 3.8) is 0 Å². The first-order valence-electron chi connectivity index (χ1n) is 8.89. The van der Waals surface area contributed by atoms with Crippen LogP contribution in [0.3, 0.4) is 0 Å². The predicted molar refractivity (Wildman–Crippen MR) is 103 cm³/mol. The standard InChI is InChI=1S/C19H32N2O3S/c1-16(2)11-13-20(25(5,23)24)14-12-19(22)21(17(3)4)15-18-9-7-6-8-10-18/h6-10,16-17H,11-15H2,1-5H3. The van der Waals surface area contributed by atoms with Gasteiger partial charge in [0.2, 0.25) is 15.9 Å². The van der Waals surface area contributed by atoms with Gasteiger partial charge in [0, 0.05) is 32.1 Å². The van der Waals surface area contributed by atoms with Crippen LogP contribution in [0.2, 0.25) is 0 Å². The molecule has 0 N–H and O–H groups in total. The smallest absolute Gasteiger partial charge is 0.224 e. The molecule has 0 aliphatic heterocycles. The molecule has 1 aromatic rings. The number of benzene rings is 1. The molecular weight excluding hydrogens is 336 g/mol. The zero-order valence-electron chi connectivity index (χ0n) is 16.1. The summed E-state index contributed by atoms with van der Waals surface area (Å²) in [5.41, 5.74) is 1.07. The molecule has 0 unspecified atom stereocenters. The average molecular weight is 369 g/mol. The maximum Gasteiger partial charge on any atom is 0.224 e. The Bertz CT molecular complexity index is 627. The molecule has 0 spiro atoms. The highest BCUT2D eigenvalue weighted by molar-refractivity contribution is 7.88. The van der Waals surface area contributed by atoms with Crippen LogP contribution < -0.4 is 0 Å². The summed E-state index contributed by atoms with van der Waals surface area (Å²) in [7, 11) is -3.30. The quantitative estimate of drug-likeness (QED) is 0.637. The Kier molecular flexibility index (Phi) is 8.59. The summed E-state index contributed by atoms with van der Waals surface area (Å²) in [6.07, 6.45) is 2.21. The molecule has 0 heterocycles. The highest BCUT2D eigenvalue weighted by Crippen LogP contribution is 2.12. The Morgan fingerprint density at radius 2 is 1.64 bits per heavy atom. The summed E-state index contributed by atoms with van der Waals surface area (Å²) in [5.74, 6) is 0.405. The summed E-state index contributed by atoms with van der Waals surface area (Å²) in [5, 5.41) is 0. The molecule has 0 bridgehead atoms. The number of sulfonamides is 1. The van der Waals surface area contributed by atoms with Gasteiger partial charge in [-0.05, 0) is 31.7 Å². The van der Waals surface area contributed by atoms with Crippen LogP contribution in [0.4, 0.5) is 0 Å². The van der Waals surface area contributed by atoms with Gasteiger partial charge in [-0.3, -0.25) is 4.79 Å². The number of nitrogens with zero attached hydrogens (tertiary/aromatic N) is 2. The molecule has 0 fully saturated rings. The van der Waals surface area contributed by atoms with Crippen molar-refractivity contribution in [2.45, 2.75) is 53.1 Å². The molecule has 0 aromatic heterocycles. The highest BCUT2D eigenvalue weighted by Gasteiger charge is 2.22. The van der Waals surface area contributed by atoms with E-state index in [1.807, 2.05) is 44.2 Å². The third-order valence-electron chi connectivity index (χ3n) is 4.14. The molecule has 6 heteroatoms. The van der Waals surface area contributed by atoms with Crippen LogP contribution in [0.1, 0.15) is 46.1 Å². The largest absolute Gasteiger partial charge is 0.336 e. The third kappa shape index (κ3) is 8.01. The summed E-state index contributed by atoms with van der Waals surface area (Å²) in [6.45, 7) is 9.33. The van der Waals surface area contributed by atoms with Crippen molar-refractivity contribution in [1.29, 1.82) is 0 Å². The molecule has 1 rings (SSSR count). The normalized spacial score (nSPS) is 12.2. The minimum Gasteiger partial charge on any atom is -0.336 e. The van der Waals surface area contributed by atoms with Gasteiger partial charge in [-0.2, -0.15) is 0 Å². The summed E-state index contributed by atoms with van der Waals surface area (Å²) in [4.78, 5) is 14.5. The van der Waals surface area contributed by atoms with Crippen molar-refractivity contribution in [3.05, 3.63) is 35.9 Å². The highest BCUT2D eigenvalue weighted by atomic mass is 32.2. The Hall–Kier alpha value is -1.40. The van der Waals surface area contributed by atoms with Crippen molar-refractivity contribution < 1.29 is 13.2 Å². The number of amides is 1. The topological polar surface area (TPSA) is 57.7 Å². The van der Waals surface area contributed by atoms with Crippen molar-refractivity contribution >= 4 is 15.9 Å². The second kappa shape index (κ2) is 9.92. The maximum absolute atomic E-state index is 12.7. The van der Waals surface area contributed by atoms with E-state index in [0.717, 1.165) is 12.0 Å². The van der Waals surface area contributed by atoms with Crippen molar-refractivity contribution in [2.75, 3.05) is 19.3 Å². The van der Waals surface area contributed by atoms with E-state index in [9.17, 15) is 13.2 Å². The minimum atomic E-state index is -3.30. The molecule has 1 aromatic carbocycles. The Labute approximate surface area is 153 Å². The molecule has 0 radical (unpaired) electrons. The van der Waals surface area contributed by atoms with E-state index in [2.05, 4.69) is 13.8 Å². The molecule has 0 atom stereocenters. The van der Waals surface area contributed by atoms with Crippen LogP contribution in [-0.4, -0.2) is 48.9 Å². The first-order valence-corrected chi connectivity index (χ1v) is 10.7. The van der Waals surface area contributed by atoms with Crippen LogP contribution in [-0.2, 0) is 21.4 Å². The van der Waals surface area contributed by atoms with Crippen LogP contribution >= 0.6 is 0 Å². The van der Waals surface area contributed by atoms with Crippen molar-refractivity contribution in [2.24, 2.45) is 5.92 Å². The van der Waals surface area contributed by atoms with E-state index >= 15 is 0 Å². The fourth-order valence-electron chi connectivity index (χ4n) is 2.55. The van der Waals surface area contributed by atoms with E-state index in [-0.39, 0.29) is 24.9 Å². The van der Waals surface area contributed by atoms with Gasteiger partial charge in [-0.15, -0.1) is 0 Å². The zero-order valence-corrected chi connectivity index (χ0v) is 16.9. The van der Waals surface area contributed by atoms with Gasteiger partial charge in [0.15, 0.2) is 0 Å². The van der Waals surface area contributed by atoms with Gasteiger partial charge in [0.25, 0.3) is 0 Å².